The molecule has 2 N–H and O–H groups in total. The van der Waals surface area contributed by atoms with Gasteiger partial charge in [-0.1, -0.05) is 32.0 Å². The summed E-state index contributed by atoms with van der Waals surface area (Å²) in [6.07, 6.45) is 3.70. The van der Waals surface area contributed by atoms with E-state index in [0.717, 1.165) is 42.9 Å². The smallest absolute Gasteiger partial charge is 0.393 e. The second-order valence-electron chi connectivity index (χ2n) is 13.0. The van der Waals surface area contributed by atoms with Gasteiger partial charge in [0.2, 0.25) is 0 Å². The van der Waals surface area contributed by atoms with Crippen LogP contribution in [0, 0.1) is 40.4 Å². The number of thioether (sulfide) groups is 1. The molecule has 36 heavy (non-hydrogen) atoms. The molecule has 4 fully saturated rings. The zero-order chi connectivity index (χ0) is 25.7. The second kappa shape index (κ2) is 10.1. The number of hydrogen-bond acceptors (Lipinski definition) is 3. The number of alkyl halides is 3. The van der Waals surface area contributed by atoms with E-state index in [1.54, 1.807) is 0 Å². The molecule has 0 bridgehead atoms. The average molecular weight is 525 g/mol. The summed E-state index contributed by atoms with van der Waals surface area (Å²) in [5.74, 6) is 3.14. The normalized spacial score (nSPS) is 42.2. The van der Waals surface area contributed by atoms with Crippen LogP contribution in [0.5, 0.6) is 0 Å². The van der Waals surface area contributed by atoms with Crippen molar-refractivity contribution < 1.29 is 23.4 Å². The van der Waals surface area contributed by atoms with Crippen LogP contribution in [-0.2, 0) is 0 Å². The summed E-state index contributed by atoms with van der Waals surface area (Å²) in [4.78, 5) is 0.978. The lowest BCUT2D eigenvalue weighted by Gasteiger charge is -2.61. The first-order valence-corrected chi connectivity index (χ1v) is 15.0. The van der Waals surface area contributed by atoms with E-state index in [4.69, 9.17) is 0 Å². The van der Waals surface area contributed by atoms with E-state index < -0.39 is 12.3 Å². The van der Waals surface area contributed by atoms with Crippen LogP contribution in [0.25, 0.3) is 0 Å². The van der Waals surface area contributed by atoms with Gasteiger partial charge < -0.3 is 10.2 Å². The minimum absolute atomic E-state index is 0.129. The van der Waals surface area contributed by atoms with Crippen molar-refractivity contribution in [3.05, 3.63) is 30.3 Å². The SMILES string of the molecule is CC12CCC(O)CC1CCC1C2CCC2(C)C(CC(CC(O)C(F)(F)F)Sc3ccccc3)CCC12. The largest absolute Gasteiger partial charge is 0.414 e. The van der Waals surface area contributed by atoms with Crippen molar-refractivity contribution in [3.63, 3.8) is 0 Å². The minimum atomic E-state index is -4.57. The predicted octanol–water partition coefficient (Wildman–Crippen LogP) is 7.87. The van der Waals surface area contributed by atoms with E-state index in [9.17, 15) is 23.4 Å². The third kappa shape index (κ3) is 5.00. The van der Waals surface area contributed by atoms with Gasteiger partial charge in [-0.3, -0.25) is 0 Å². The Balaban J connectivity index is 1.32. The van der Waals surface area contributed by atoms with Gasteiger partial charge in [0.15, 0.2) is 6.10 Å². The number of aliphatic hydroxyl groups excluding tert-OH is 2. The van der Waals surface area contributed by atoms with Crippen molar-refractivity contribution in [3.8, 4) is 0 Å². The Labute approximate surface area is 218 Å². The summed E-state index contributed by atoms with van der Waals surface area (Å²) in [7, 11) is 0. The molecule has 10 unspecified atom stereocenters. The highest BCUT2D eigenvalue weighted by molar-refractivity contribution is 8.00. The van der Waals surface area contributed by atoms with Gasteiger partial charge in [-0.15, -0.1) is 11.8 Å². The molecule has 6 heteroatoms. The number of rotatable bonds is 6. The van der Waals surface area contributed by atoms with Crippen LogP contribution in [0.15, 0.2) is 35.2 Å². The van der Waals surface area contributed by atoms with Crippen molar-refractivity contribution in [1.29, 1.82) is 0 Å². The molecule has 1 aromatic rings. The lowest BCUT2D eigenvalue weighted by atomic mass is 9.44. The highest BCUT2D eigenvalue weighted by Crippen LogP contribution is 2.68. The molecule has 4 aliphatic carbocycles. The molecule has 202 valence electrons. The average Bonchev–Trinajstić information content (AvgIpc) is 3.15. The molecule has 0 saturated heterocycles. The third-order valence-electron chi connectivity index (χ3n) is 11.3. The summed E-state index contributed by atoms with van der Waals surface area (Å²) in [5.41, 5.74) is 0.515. The first-order chi connectivity index (χ1) is 17.0. The summed E-state index contributed by atoms with van der Waals surface area (Å²) < 4.78 is 39.9. The van der Waals surface area contributed by atoms with Gasteiger partial charge in [-0.2, -0.15) is 13.2 Å². The quantitative estimate of drug-likeness (QED) is 0.372. The Hall–Kier alpha value is -0.720. The van der Waals surface area contributed by atoms with E-state index in [0.29, 0.717) is 29.1 Å². The Morgan fingerprint density at radius 3 is 2.36 bits per heavy atom. The van der Waals surface area contributed by atoms with Gasteiger partial charge in [0.25, 0.3) is 0 Å². The lowest BCUT2D eigenvalue weighted by Crippen LogP contribution is -2.54. The topological polar surface area (TPSA) is 40.5 Å². The molecular formula is C30H43F3O2S. The standard InChI is InChI=1S/C30H43F3O2S/c1-28-14-12-21(34)16-19(28)8-10-24-25-11-9-20(29(25,2)15-13-26(24)28)17-23(18-27(35)30(31,32)33)36-22-6-4-3-5-7-22/h3-7,19-21,23-27,34-35H,8-18H2,1-2H3. The molecule has 2 nitrogen and oxygen atoms in total. The van der Waals surface area contributed by atoms with Crippen LogP contribution >= 0.6 is 11.8 Å². The minimum Gasteiger partial charge on any atom is -0.393 e. The Kier molecular flexibility index (Phi) is 7.55. The molecule has 10 atom stereocenters. The van der Waals surface area contributed by atoms with E-state index in [1.807, 2.05) is 30.3 Å². The zero-order valence-electron chi connectivity index (χ0n) is 21.7. The first kappa shape index (κ1) is 26.9. The lowest BCUT2D eigenvalue weighted by molar-refractivity contribution is -0.205. The van der Waals surface area contributed by atoms with Crippen molar-refractivity contribution in [1.82, 2.24) is 0 Å². The monoisotopic (exact) mass is 524 g/mol. The van der Waals surface area contributed by atoms with Crippen molar-refractivity contribution >= 4 is 11.8 Å². The molecule has 0 radical (unpaired) electrons. The molecule has 0 heterocycles. The maximum absolute atomic E-state index is 13.3. The predicted molar refractivity (Wildman–Crippen MR) is 139 cm³/mol. The van der Waals surface area contributed by atoms with Gasteiger partial charge >= 0.3 is 6.18 Å². The van der Waals surface area contributed by atoms with Crippen LogP contribution in [0.1, 0.15) is 84.5 Å². The van der Waals surface area contributed by atoms with Crippen LogP contribution in [0.3, 0.4) is 0 Å². The third-order valence-corrected chi connectivity index (χ3v) is 12.6. The second-order valence-corrected chi connectivity index (χ2v) is 14.4. The molecule has 0 spiro atoms. The molecule has 1 aromatic carbocycles. The number of fused-ring (bicyclic) bond motifs is 5. The molecule has 4 aliphatic rings. The molecule has 5 rings (SSSR count). The summed E-state index contributed by atoms with van der Waals surface area (Å²) in [6.45, 7) is 4.94. The fraction of sp³-hybridized carbons (Fsp3) is 0.800. The zero-order valence-corrected chi connectivity index (χ0v) is 22.5. The molecule has 4 saturated carbocycles. The van der Waals surface area contributed by atoms with E-state index in [1.165, 1.54) is 43.9 Å². The van der Waals surface area contributed by atoms with E-state index in [2.05, 4.69) is 13.8 Å². The van der Waals surface area contributed by atoms with Gasteiger partial charge in [0.05, 0.1) is 6.10 Å². The van der Waals surface area contributed by atoms with Crippen LogP contribution in [0.2, 0.25) is 0 Å². The van der Waals surface area contributed by atoms with Crippen molar-refractivity contribution in [2.24, 2.45) is 40.4 Å². The van der Waals surface area contributed by atoms with Crippen LogP contribution in [-0.4, -0.2) is 33.8 Å². The Bertz CT molecular complexity index is 894. The number of hydrogen-bond donors (Lipinski definition) is 2. The first-order valence-electron chi connectivity index (χ1n) is 14.1. The fourth-order valence-electron chi connectivity index (χ4n) is 9.32. The summed E-state index contributed by atoms with van der Waals surface area (Å²) in [5, 5.41) is 20.0. The maximum atomic E-state index is 13.3. The van der Waals surface area contributed by atoms with Crippen LogP contribution in [0.4, 0.5) is 13.2 Å². The molecule has 0 aliphatic heterocycles. The van der Waals surface area contributed by atoms with E-state index in [-0.39, 0.29) is 23.2 Å². The highest BCUT2D eigenvalue weighted by Gasteiger charge is 2.60. The number of aliphatic hydroxyl groups is 2. The van der Waals surface area contributed by atoms with E-state index >= 15 is 0 Å². The van der Waals surface area contributed by atoms with Gasteiger partial charge in [0.1, 0.15) is 0 Å². The molecular weight excluding hydrogens is 481 g/mol. The Morgan fingerprint density at radius 1 is 0.944 bits per heavy atom. The van der Waals surface area contributed by atoms with Gasteiger partial charge in [-0.05, 0) is 123 Å². The maximum Gasteiger partial charge on any atom is 0.414 e. The van der Waals surface area contributed by atoms with Crippen molar-refractivity contribution in [2.75, 3.05) is 0 Å². The molecule has 0 amide bonds. The van der Waals surface area contributed by atoms with Crippen LogP contribution < -0.4 is 0 Å². The van der Waals surface area contributed by atoms with Gasteiger partial charge in [-0.25, -0.2) is 0 Å². The number of halogens is 3. The number of benzene rings is 1. The summed E-state index contributed by atoms with van der Waals surface area (Å²) in [6, 6.07) is 9.70. The van der Waals surface area contributed by atoms with Crippen molar-refractivity contribution in [2.45, 2.75) is 113 Å². The highest BCUT2D eigenvalue weighted by atomic mass is 32.2. The van der Waals surface area contributed by atoms with Gasteiger partial charge in [0, 0.05) is 10.1 Å². The fourth-order valence-corrected chi connectivity index (χ4v) is 10.6. The Morgan fingerprint density at radius 2 is 1.64 bits per heavy atom. The molecule has 0 aromatic heterocycles. The summed E-state index contributed by atoms with van der Waals surface area (Å²) >= 11 is 1.51.